The number of nitrogens with one attached hydrogen (secondary N) is 1. The lowest BCUT2D eigenvalue weighted by atomic mass is 10.2. The highest BCUT2D eigenvalue weighted by Crippen LogP contribution is 2.36. The van der Waals surface area contributed by atoms with E-state index in [0.29, 0.717) is 32.2 Å². The van der Waals surface area contributed by atoms with Crippen LogP contribution in [0.2, 0.25) is 0 Å². The number of hydrogen-bond acceptors (Lipinski definition) is 9. The van der Waals surface area contributed by atoms with Crippen LogP contribution in [0.25, 0.3) is 10.2 Å². The maximum Gasteiger partial charge on any atom is 0.348 e. The first-order valence-electron chi connectivity index (χ1n) is 7.97. The average Bonchev–Trinajstić information content (AvgIpc) is 2.99. The summed E-state index contributed by atoms with van der Waals surface area (Å²) < 4.78 is 10.1. The summed E-state index contributed by atoms with van der Waals surface area (Å²) in [4.78, 5) is 32.3. The molecule has 3 aromatic rings. The third kappa shape index (κ3) is 3.51. The second-order valence-corrected chi connectivity index (χ2v) is 6.45. The number of thiophene rings is 1. The molecule has 27 heavy (non-hydrogen) atoms. The number of aromatic nitrogens is 2. The molecule has 0 aliphatic heterocycles. The number of hydrogen-bond donors (Lipinski definition) is 1. The van der Waals surface area contributed by atoms with Crippen molar-refractivity contribution in [3.05, 3.63) is 45.1 Å². The molecule has 2 heterocycles. The Labute approximate surface area is 158 Å². The van der Waals surface area contributed by atoms with E-state index < -0.39 is 10.9 Å². The maximum atomic E-state index is 12.1. The molecular formula is C17H16N4O5S. The normalized spacial score (nSPS) is 10.6. The number of rotatable bonds is 6. The highest BCUT2D eigenvalue weighted by molar-refractivity contribution is 7.20. The number of nitro groups is 1. The Morgan fingerprint density at radius 3 is 2.81 bits per heavy atom. The predicted octanol–water partition coefficient (Wildman–Crippen LogP) is 3.84. The quantitative estimate of drug-likeness (QED) is 0.385. The number of anilines is 2. The van der Waals surface area contributed by atoms with Crippen molar-refractivity contribution in [2.75, 3.05) is 19.0 Å². The molecule has 9 nitrogen and oxygen atoms in total. The van der Waals surface area contributed by atoms with E-state index in [0.717, 1.165) is 0 Å². The number of aryl methyl sites for hydroxylation is 1. The summed E-state index contributed by atoms with van der Waals surface area (Å²) in [5, 5.41) is 14.9. The molecule has 0 saturated heterocycles. The highest BCUT2D eigenvalue weighted by atomic mass is 32.1. The van der Waals surface area contributed by atoms with E-state index in [1.807, 2.05) is 0 Å². The number of nitro benzene ring substituents is 1. The number of benzene rings is 1. The molecule has 0 bridgehead atoms. The molecule has 0 radical (unpaired) electrons. The smallest absolute Gasteiger partial charge is 0.348 e. The van der Waals surface area contributed by atoms with Gasteiger partial charge in [0.15, 0.2) is 5.75 Å². The number of fused-ring (bicyclic) bond motifs is 1. The molecule has 0 saturated carbocycles. The largest absolute Gasteiger partial charge is 0.490 e. The number of carbonyl (C=O) groups excluding carboxylic acids is 1. The monoisotopic (exact) mass is 388 g/mol. The van der Waals surface area contributed by atoms with Gasteiger partial charge in [0.25, 0.3) is 0 Å². The van der Waals surface area contributed by atoms with Gasteiger partial charge in [-0.1, -0.05) is 0 Å². The lowest BCUT2D eigenvalue weighted by Crippen LogP contribution is -2.03. The van der Waals surface area contributed by atoms with Crippen molar-refractivity contribution in [3.8, 4) is 5.75 Å². The Hall–Kier alpha value is -3.27. The summed E-state index contributed by atoms with van der Waals surface area (Å²) in [5.41, 5.74) is 0.993. The lowest BCUT2D eigenvalue weighted by Gasteiger charge is -2.09. The number of ether oxygens (including phenoxy) is 2. The van der Waals surface area contributed by atoms with Crippen LogP contribution >= 0.6 is 11.3 Å². The summed E-state index contributed by atoms with van der Waals surface area (Å²) in [6, 6.07) is 4.51. The van der Waals surface area contributed by atoms with E-state index in [-0.39, 0.29) is 18.0 Å². The SMILES string of the molecule is CCOC(=O)c1sc2ncnc(Nc3ccc(OC)c([N+](=O)[O-])c3)c2c1C. The van der Waals surface area contributed by atoms with Crippen molar-refractivity contribution in [1.29, 1.82) is 0 Å². The van der Waals surface area contributed by atoms with Crippen molar-refractivity contribution in [2.45, 2.75) is 13.8 Å². The highest BCUT2D eigenvalue weighted by Gasteiger charge is 2.21. The zero-order chi connectivity index (χ0) is 19.6. The predicted molar refractivity (Wildman–Crippen MR) is 101 cm³/mol. The molecule has 1 aromatic carbocycles. The van der Waals surface area contributed by atoms with Gasteiger partial charge in [0.05, 0.1) is 24.0 Å². The Bertz CT molecular complexity index is 1030. The fourth-order valence-electron chi connectivity index (χ4n) is 2.60. The summed E-state index contributed by atoms with van der Waals surface area (Å²) in [7, 11) is 1.37. The van der Waals surface area contributed by atoms with Gasteiger partial charge in [0.1, 0.15) is 21.9 Å². The minimum Gasteiger partial charge on any atom is -0.490 e. The van der Waals surface area contributed by atoms with Gasteiger partial charge in [-0.05, 0) is 31.5 Å². The Kier molecular flexibility index (Phi) is 5.17. The second kappa shape index (κ2) is 7.54. The van der Waals surface area contributed by atoms with Crippen molar-refractivity contribution in [3.63, 3.8) is 0 Å². The Morgan fingerprint density at radius 1 is 1.37 bits per heavy atom. The topological polar surface area (TPSA) is 116 Å². The van der Waals surface area contributed by atoms with E-state index in [1.54, 1.807) is 19.9 Å². The molecule has 0 aliphatic rings. The van der Waals surface area contributed by atoms with Crippen LogP contribution in [0.3, 0.4) is 0 Å². The third-order valence-electron chi connectivity index (χ3n) is 3.83. The molecule has 140 valence electrons. The zero-order valence-electron chi connectivity index (χ0n) is 14.8. The minimum absolute atomic E-state index is 0.162. The number of carbonyl (C=O) groups is 1. The Balaban J connectivity index is 2.04. The fraction of sp³-hybridized carbons (Fsp3) is 0.235. The number of esters is 1. The van der Waals surface area contributed by atoms with E-state index in [4.69, 9.17) is 9.47 Å². The van der Waals surface area contributed by atoms with Gasteiger partial charge in [-0.3, -0.25) is 10.1 Å². The first kappa shape index (κ1) is 18.5. The molecule has 0 fully saturated rings. The van der Waals surface area contributed by atoms with E-state index >= 15 is 0 Å². The van der Waals surface area contributed by atoms with Crippen LogP contribution in [0.5, 0.6) is 5.75 Å². The van der Waals surface area contributed by atoms with Gasteiger partial charge in [0.2, 0.25) is 0 Å². The molecular weight excluding hydrogens is 372 g/mol. The molecule has 0 atom stereocenters. The van der Waals surface area contributed by atoms with Crippen LogP contribution in [0, 0.1) is 17.0 Å². The van der Waals surface area contributed by atoms with Gasteiger partial charge in [-0.15, -0.1) is 11.3 Å². The summed E-state index contributed by atoms with van der Waals surface area (Å²) in [6.45, 7) is 3.80. The van der Waals surface area contributed by atoms with Gasteiger partial charge in [-0.25, -0.2) is 14.8 Å². The fourth-order valence-corrected chi connectivity index (χ4v) is 3.65. The Morgan fingerprint density at radius 2 is 2.15 bits per heavy atom. The summed E-state index contributed by atoms with van der Waals surface area (Å²) in [5.74, 6) is 0.197. The van der Waals surface area contributed by atoms with Crippen LogP contribution in [0.4, 0.5) is 17.2 Å². The van der Waals surface area contributed by atoms with Crippen molar-refractivity contribution < 1.29 is 19.2 Å². The lowest BCUT2D eigenvalue weighted by molar-refractivity contribution is -0.385. The summed E-state index contributed by atoms with van der Waals surface area (Å²) in [6.07, 6.45) is 1.37. The van der Waals surface area contributed by atoms with E-state index in [2.05, 4.69) is 15.3 Å². The molecule has 1 N–H and O–H groups in total. The molecule has 3 rings (SSSR count). The van der Waals surface area contributed by atoms with Crippen molar-refractivity contribution >= 4 is 44.7 Å². The molecule has 2 aromatic heterocycles. The van der Waals surface area contributed by atoms with Crippen LogP contribution < -0.4 is 10.1 Å². The van der Waals surface area contributed by atoms with E-state index in [1.165, 1.54) is 36.9 Å². The summed E-state index contributed by atoms with van der Waals surface area (Å²) >= 11 is 1.22. The van der Waals surface area contributed by atoms with Gasteiger partial charge >= 0.3 is 11.7 Å². The number of methoxy groups -OCH3 is 1. The second-order valence-electron chi connectivity index (χ2n) is 5.45. The van der Waals surface area contributed by atoms with Crippen LogP contribution in [-0.2, 0) is 4.74 Å². The van der Waals surface area contributed by atoms with Gasteiger partial charge in [0, 0.05) is 11.8 Å². The molecule has 0 amide bonds. The first-order valence-corrected chi connectivity index (χ1v) is 8.78. The maximum absolute atomic E-state index is 12.1. The van der Waals surface area contributed by atoms with Crippen molar-refractivity contribution in [2.24, 2.45) is 0 Å². The molecule has 0 spiro atoms. The molecule has 0 unspecified atom stereocenters. The van der Waals surface area contributed by atoms with Gasteiger partial charge < -0.3 is 14.8 Å². The standard InChI is InChI=1S/C17H16N4O5S/c1-4-26-17(22)14-9(2)13-15(18-8-19-16(13)27-14)20-10-5-6-12(25-3)11(7-10)21(23)24/h5-8H,4H2,1-3H3,(H,18,19,20). The average molecular weight is 388 g/mol. The minimum atomic E-state index is -0.520. The molecule has 10 heteroatoms. The molecule has 0 aliphatic carbocycles. The van der Waals surface area contributed by atoms with Crippen molar-refractivity contribution in [1.82, 2.24) is 9.97 Å². The number of nitrogens with zero attached hydrogens (tertiary/aromatic N) is 3. The first-order chi connectivity index (χ1) is 13.0. The van der Waals surface area contributed by atoms with Crippen LogP contribution in [0.15, 0.2) is 24.5 Å². The third-order valence-corrected chi connectivity index (χ3v) is 5.01. The van der Waals surface area contributed by atoms with E-state index in [9.17, 15) is 14.9 Å². The zero-order valence-corrected chi connectivity index (χ0v) is 15.6. The van der Waals surface area contributed by atoms with Gasteiger partial charge in [-0.2, -0.15) is 0 Å². The van der Waals surface area contributed by atoms with Crippen LogP contribution in [-0.4, -0.2) is 34.6 Å². The van der Waals surface area contributed by atoms with Crippen LogP contribution in [0.1, 0.15) is 22.2 Å².